The average Bonchev–Trinajstić information content (AvgIpc) is 3.07. The van der Waals surface area contributed by atoms with Crippen LogP contribution in [0, 0.1) is 13.8 Å². The molecule has 0 radical (unpaired) electrons. The highest BCUT2D eigenvalue weighted by Gasteiger charge is 2.22. The van der Waals surface area contributed by atoms with Crippen molar-refractivity contribution in [1.29, 1.82) is 0 Å². The Morgan fingerprint density at radius 1 is 0.667 bits per heavy atom. The molecule has 0 saturated carbocycles. The molecule has 3 nitrogen and oxygen atoms in total. The monoisotopic (exact) mass is 389 g/mol. The van der Waals surface area contributed by atoms with Crippen molar-refractivity contribution in [3.05, 3.63) is 96.3 Å². The quantitative estimate of drug-likeness (QED) is 0.349. The summed E-state index contributed by atoms with van der Waals surface area (Å²) in [6, 6.07) is 27.8. The van der Waals surface area contributed by atoms with Crippen molar-refractivity contribution >= 4 is 11.0 Å². The van der Waals surface area contributed by atoms with Crippen LogP contribution in [0.3, 0.4) is 0 Å². The third kappa shape index (κ3) is 3.00. The van der Waals surface area contributed by atoms with Crippen molar-refractivity contribution in [3.63, 3.8) is 0 Å². The molecular weight excluding hydrogens is 366 g/mol. The van der Waals surface area contributed by atoms with Crippen LogP contribution in [0.2, 0.25) is 0 Å². The zero-order chi connectivity index (χ0) is 20.7. The first-order valence-electron chi connectivity index (χ1n) is 10.2. The van der Waals surface area contributed by atoms with E-state index in [-0.39, 0.29) is 0 Å². The largest absolute Gasteiger partial charge is 0.328 e. The van der Waals surface area contributed by atoms with E-state index >= 15 is 0 Å². The zero-order valence-corrected chi connectivity index (χ0v) is 17.4. The molecule has 2 heterocycles. The summed E-state index contributed by atoms with van der Waals surface area (Å²) in [5.41, 5.74) is 10.2. The van der Waals surface area contributed by atoms with Crippen molar-refractivity contribution < 1.29 is 0 Å². The fraction of sp³-hybridized carbons (Fsp3) is 0.111. The lowest BCUT2D eigenvalue weighted by molar-refractivity contribution is 0.953. The van der Waals surface area contributed by atoms with Crippen LogP contribution in [0.1, 0.15) is 11.1 Å². The van der Waals surface area contributed by atoms with E-state index in [1.807, 2.05) is 0 Å². The highest BCUT2D eigenvalue weighted by molar-refractivity contribution is 6.09. The molecule has 0 bridgehead atoms. The fourth-order valence-corrected chi connectivity index (χ4v) is 4.20. The van der Waals surface area contributed by atoms with Crippen LogP contribution in [0.4, 0.5) is 0 Å². The maximum absolute atomic E-state index is 4.75. The summed E-state index contributed by atoms with van der Waals surface area (Å²) in [6.45, 7) is 4.23. The van der Waals surface area contributed by atoms with Gasteiger partial charge in [0.25, 0.3) is 0 Å². The van der Waals surface area contributed by atoms with E-state index in [1.165, 1.54) is 27.8 Å². The van der Waals surface area contributed by atoms with Crippen LogP contribution in [0.15, 0.2) is 85.2 Å². The molecule has 0 spiro atoms. The van der Waals surface area contributed by atoms with Crippen LogP contribution in [0.25, 0.3) is 44.7 Å². The van der Waals surface area contributed by atoms with Crippen molar-refractivity contribution in [2.45, 2.75) is 13.8 Å². The van der Waals surface area contributed by atoms with Gasteiger partial charge in [-0.15, -0.1) is 0 Å². The minimum atomic E-state index is 0.941. The summed E-state index contributed by atoms with van der Waals surface area (Å²) in [6.07, 6.45) is 1.67. The predicted octanol–water partition coefficient (Wildman–Crippen LogP) is 6.59. The lowest BCUT2D eigenvalue weighted by atomic mass is 9.95. The van der Waals surface area contributed by atoms with E-state index < -0.39 is 0 Å². The Kier molecular flexibility index (Phi) is 4.44. The first kappa shape index (κ1) is 18.3. The van der Waals surface area contributed by atoms with E-state index in [0.717, 1.165) is 28.0 Å². The fourth-order valence-electron chi connectivity index (χ4n) is 4.20. The number of aromatic nitrogens is 3. The molecule has 0 unspecified atom stereocenters. The van der Waals surface area contributed by atoms with Crippen LogP contribution in [-0.4, -0.2) is 14.5 Å². The second-order valence-corrected chi connectivity index (χ2v) is 7.81. The van der Waals surface area contributed by atoms with Gasteiger partial charge in [0.15, 0.2) is 0 Å². The molecule has 0 fully saturated rings. The topological polar surface area (TPSA) is 30.7 Å². The van der Waals surface area contributed by atoms with E-state index in [9.17, 15) is 0 Å². The van der Waals surface area contributed by atoms with Gasteiger partial charge in [0.05, 0.1) is 16.8 Å². The molecule has 0 amide bonds. The summed E-state index contributed by atoms with van der Waals surface area (Å²) in [5, 5.41) is 1.09. The molecule has 5 aromatic rings. The molecule has 0 aliphatic carbocycles. The molecular formula is C27H23N3. The molecule has 3 heteroatoms. The molecule has 5 rings (SSSR count). The third-order valence-corrected chi connectivity index (χ3v) is 5.65. The van der Waals surface area contributed by atoms with Gasteiger partial charge in [-0.25, -0.2) is 9.97 Å². The maximum Gasteiger partial charge on any atom is 0.144 e. The third-order valence-electron chi connectivity index (χ3n) is 5.65. The molecule has 0 atom stereocenters. The molecule has 0 N–H and O–H groups in total. The number of aryl methyl sites for hydroxylation is 3. The molecule has 0 saturated heterocycles. The van der Waals surface area contributed by atoms with Gasteiger partial charge < -0.3 is 4.57 Å². The molecule has 30 heavy (non-hydrogen) atoms. The SMILES string of the molecule is Cc1ccc(-c2c(-c3ccccc3)n(C)c3ncnc(-c4cccc(C)c4)c23)cc1. The van der Waals surface area contributed by atoms with Crippen molar-refractivity contribution in [2.24, 2.45) is 7.05 Å². The second kappa shape index (κ2) is 7.27. The Morgan fingerprint density at radius 3 is 2.13 bits per heavy atom. The Hall–Kier alpha value is -3.72. The number of rotatable bonds is 3. The van der Waals surface area contributed by atoms with E-state index in [4.69, 9.17) is 9.97 Å². The average molecular weight is 390 g/mol. The zero-order valence-electron chi connectivity index (χ0n) is 17.4. The highest BCUT2D eigenvalue weighted by Crippen LogP contribution is 2.43. The number of nitrogens with zero attached hydrogens (tertiary/aromatic N) is 3. The van der Waals surface area contributed by atoms with Gasteiger partial charge in [0, 0.05) is 18.2 Å². The van der Waals surface area contributed by atoms with Crippen molar-refractivity contribution in [3.8, 4) is 33.6 Å². The Morgan fingerprint density at radius 2 is 1.40 bits per heavy atom. The van der Waals surface area contributed by atoms with Crippen LogP contribution >= 0.6 is 0 Å². The van der Waals surface area contributed by atoms with Crippen LogP contribution in [-0.2, 0) is 7.05 Å². The smallest absolute Gasteiger partial charge is 0.144 e. The van der Waals surface area contributed by atoms with Gasteiger partial charge in [-0.3, -0.25) is 0 Å². The second-order valence-electron chi connectivity index (χ2n) is 7.81. The van der Waals surface area contributed by atoms with Gasteiger partial charge in [-0.1, -0.05) is 83.9 Å². The van der Waals surface area contributed by atoms with Gasteiger partial charge in [-0.2, -0.15) is 0 Å². The minimum absolute atomic E-state index is 0.941. The summed E-state index contributed by atoms with van der Waals surface area (Å²) in [4.78, 5) is 9.44. The first-order valence-corrected chi connectivity index (χ1v) is 10.2. The summed E-state index contributed by atoms with van der Waals surface area (Å²) >= 11 is 0. The summed E-state index contributed by atoms with van der Waals surface area (Å²) in [5.74, 6) is 0. The van der Waals surface area contributed by atoms with Gasteiger partial charge in [-0.05, 0) is 31.0 Å². The lowest BCUT2D eigenvalue weighted by Crippen LogP contribution is -1.94. The molecule has 146 valence electrons. The molecule has 2 aromatic heterocycles. The molecule has 0 aliphatic heterocycles. The first-order chi connectivity index (χ1) is 14.6. The number of benzene rings is 3. The lowest BCUT2D eigenvalue weighted by Gasteiger charge is -2.10. The van der Waals surface area contributed by atoms with E-state index in [2.05, 4.69) is 104 Å². The standard InChI is InChI=1S/C27H23N3/c1-18-12-14-20(15-13-18)23-24-25(22-11-7-8-19(2)16-22)28-17-29-27(24)30(3)26(23)21-9-5-4-6-10-21/h4-17H,1-3H3. The van der Waals surface area contributed by atoms with E-state index in [0.29, 0.717) is 0 Å². The Balaban J connectivity index is 1.93. The van der Waals surface area contributed by atoms with Crippen LogP contribution in [0.5, 0.6) is 0 Å². The Bertz CT molecular complexity index is 1350. The van der Waals surface area contributed by atoms with Crippen LogP contribution < -0.4 is 0 Å². The molecule has 0 aliphatic rings. The van der Waals surface area contributed by atoms with E-state index in [1.54, 1.807) is 6.33 Å². The Labute approximate surface area is 176 Å². The van der Waals surface area contributed by atoms with Gasteiger partial charge >= 0.3 is 0 Å². The van der Waals surface area contributed by atoms with Gasteiger partial charge in [0.2, 0.25) is 0 Å². The van der Waals surface area contributed by atoms with Crippen molar-refractivity contribution in [2.75, 3.05) is 0 Å². The number of hydrogen-bond donors (Lipinski definition) is 0. The minimum Gasteiger partial charge on any atom is -0.328 e. The maximum atomic E-state index is 4.75. The highest BCUT2D eigenvalue weighted by atomic mass is 15.0. The normalized spacial score (nSPS) is 11.2. The number of fused-ring (bicyclic) bond motifs is 1. The molecule has 3 aromatic carbocycles. The predicted molar refractivity (Wildman–Crippen MR) is 124 cm³/mol. The number of hydrogen-bond acceptors (Lipinski definition) is 2. The van der Waals surface area contributed by atoms with Gasteiger partial charge in [0.1, 0.15) is 12.0 Å². The van der Waals surface area contributed by atoms with Crippen molar-refractivity contribution in [1.82, 2.24) is 14.5 Å². The summed E-state index contributed by atoms with van der Waals surface area (Å²) < 4.78 is 2.20. The summed E-state index contributed by atoms with van der Waals surface area (Å²) in [7, 11) is 2.09.